The molecule has 0 bridgehead atoms. The Balaban J connectivity index is 1.52. The van der Waals surface area contributed by atoms with Crippen LogP contribution in [0.5, 0.6) is 5.75 Å². The summed E-state index contributed by atoms with van der Waals surface area (Å²) >= 11 is 0. The Morgan fingerprint density at radius 2 is 1.80 bits per heavy atom. The van der Waals surface area contributed by atoms with Crippen LogP contribution in [0, 0.1) is 23.6 Å². The van der Waals surface area contributed by atoms with Crippen molar-refractivity contribution in [3.63, 3.8) is 0 Å². The first kappa shape index (κ1) is 29.2. The number of ketones is 2. The van der Waals surface area contributed by atoms with E-state index in [2.05, 4.69) is 5.32 Å². The minimum atomic E-state index is -2.72. The molecule has 7 N–H and O–H groups in total. The van der Waals surface area contributed by atoms with E-state index in [0.717, 1.165) is 19.4 Å². The zero-order chi connectivity index (χ0) is 29.8. The smallest absolute Gasteiger partial charge is 0.255 e. The second-order valence-electron chi connectivity index (χ2n) is 12.2. The number of carbonyl (C=O) groups is 3. The third-order valence-electron chi connectivity index (χ3n) is 9.45. The maximum atomic E-state index is 15.9. The average Bonchev–Trinajstić information content (AvgIpc) is 3.17. The third-order valence-corrected chi connectivity index (χ3v) is 9.45. The van der Waals surface area contributed by atoms with E-state index < -0.39 is 69.6 Å². The number of nitrogens with zero attached hydrogens (tertiary/aromatic N) is 1. The molecule has 0 aliphatic heterocycles. The third kappa shape index (κ3) is 4.64. The van der Waals surface area contributed by atoms with Crippen molar-refractivity contribution in [2.24, 2.45) is 23.5 Å². The van der Waals surface area contributed by atoms with Crippen LogP contribution in [0.2, 0.25) is 0 Å². The predicted octanol–water partition coefficient (Wildman–Crippen LogP) is 2.16. The molecule has 1 aromatic carbocycles. The number of hydrogen-bond donors (Lipinski definition) is 6. The summed E-state index contributed by atoms with van der Waals surface area (Å²) in [5.41, 5.74) is 1.47. The lowest BCUT2D eigenvalue weighted by Gasteiger charge is -2.50. The monoisotopic (exact) mass is 571 g/mol. The molecule has 0 spiro atoms. The quantitative estimate of drug-likeness (QED) is 0.221. The molecule has 0 unspecified atom stereocenters. The Kier molecular flexibility index (Phi) is 7.73. The maximum absolute atomic E-state index is 15.9. The van der Waals surface area contributed by atoms with E-state index in [4.69, 9.17) is 5.73 Å². The normalized spacial score (nSPS) is 28.9. The van der Waals surface area contributed by atoms with Crippen molar-refractivity contribution in [2.45, 2.75) is 69.6 Å². The molecule has 2 saturated carbocycles. The van der Waals surface area contributed by atoms with E-state index in [0.29, 0.717) is 5.92 Å². The van der Waals surface area contributed by atoms with Crippen molar-refractivity contribution < 1.29 is 39.2 Å². The summed E-state index contributed by atoms with van der Waals surface area (Å²) in [6.45, 7) is 0.909. The van der Waals surface area contributed by atoms with Crippen molar-refractivity contribution in [1.82, 2.24) is 10.2 Å². The molecular weight excluding hydrogens is 533 g/mol. The summed E-state index contributed by atoms with van der Waals surface area (Å²) in [6.07, 6.45) is 6.91. The van der Waals surface area contributed by atoms with Gasteiger partial charge in [0.05, 0.1) is 11.6 Å². The largest absolute Gasteiger partial charge is 0.508 e. The lowest BCUT2D eigenvalue weighted by atomic mass is 9.57. The highest BCUT2D eigenvalue weighted by Gasteiger charge is 2.64. The Labute approximate surface area is 237 Å². The maximum Gasteiger partial charge on any atom is 0.255 e. The number of hydrogen-bond acceptors (Lipinski definition) is 9. The number of phenolic OH excluding ortho intramolecular Hbond substituents is 1. The minimum Gasteiger partial charge on any atom is -0.508 e. The van der Waals surface area contributed by atoms with Crippen molar-refractivity contribution >= 4 is 23.2 Å². The van der Waals surface area contributed by atoms with Gasteiger partial charge in [0.2, 0.25) is 5.78 Å². The molecule has 41 heavy (non-hydrogen) atoms. The lowest BCUT2D eigenvalue weighted by Crippen LogP contribution is -2.65. The number of carbonyl (C=O) groups excluding carboxylic acids is 3. The van der Waals surface area contributed by atoms with Gasteiger partial charge in [-0.2, -0.15) is 0 Å². The second-order valence-corrected chi connectivity index (χ2v) is 12.2. The van der Waals surface area contributed by atoms with Crippen molar-refractivity contribution in [2.75, 3.05) is 20.6 Å². The number of halogens is 1. The van der Waals surface area contributed by atoms with Crippen molar-refractivity contribution in [1.29, 1.82) is 0 Å². The van der Waals surface area contributed by atoms with Gasteiger partial charge in [-0.25, -0.2) is 4.39 Å². The molecule has 0 saturated heterocycles. The van der Waals surface area contributed by atoms with E-state index in [-0.39, 0.29) is 41.6 Å². The van der Waals surface area contributed by atoms with E-state index >= 15 is 4.39 Å². The number of aromatic hydroxyl groups is 1. The number of phenols is 1. The zero-order valence-corrected chi connectivity index (χ0v) is 23.4. The van der Waals surface area contributed by atoms with Gasteiger partial charge >= 0.3 is 0 Å². The fraction of sp³-hybridized carbons (Fsp3) is 0.567. The predicted molar refractivity (Wildman–Crippen MR) is 147 cm³/mol. The Bertz CT molecular complexity index is 1360. The van der Waals surface area contributed by atoms with Gasteiger partial charge in [0, 0.05) is 29.2 Å². The molecule has 5 rings (SSSR count). The summed E-state index contributed by atoms with van der Waals surface area (Å²) in [4.78, 5) is 40.5. The number of fused-ring (bicyclic) bond motifs is 3. The fourth-order valence-electron chi connectivity index (χ4n) is 7.45. The van der Waals surface area contributed by atoms with Gasteiger partial charge in [-0.1, -0.05) is 25.7 Å². The Morgan fingerprint density at radius 1 is 1.15 bits per heavy atom. The summed E-state index contributed by atoms with van der Waals surface area (Å²) in [7, 11) is 3.05. The number of nitrogens with two attached hydrogens (primary N) is 1. The summed E-state index contributed by atoms with van der Waals surface area (Å²) in [6, 6.07) is 0.0327. The number of Topliss-reactive ketones (excluding diaryl/α,β-unsaturated/α-hetero) is 2. The topological polar surface area (TPSA) is 173 Å². The highest BCUT2D eigenvalue weighted by Crippen LogP contribution is 2.53. The lowest BCUT2D eigenvalue weighted by molar-refractivity contribution is -0.153. The summed E-state index contributed by atoms with van der Waals surface area (Å²) in [5.74, 6) is -7.63. The average molecular weight is 572 g/mol. The first-order valence-electron chi connectivity index (χ1n) is 14.3. The van der Waals surface area contributed by atoms with Crippen LogP contribution in [0.25, 0.3) is 5.76 Å². The highest BCUT2D eigenvalue weighted by atomic mass is 19.1. The molecule has 0 radical (unpaired) electrons. The fourth-order valence-corrected chi connectivity index (χ4v) is 7.45. The standard InChI is InChI=1S/C30H38FN3O7/c1-34(2)24-18-10-15-9-17-21(19(35)11-16(23(17)31)13-33-12-14-7-5-3-4-6-8-14)25(36)20(15)27(38)30(18,41)28(39)22(26(24)37)29(32)40/h11,14-15,18,24,33,35-36,39,41H,3-10,12-13H2,1-2H3,(H2,32,40)/t15-,18-,24-,30-/m0/s1. The van der Waals surface area contributed by atoms with Crippen LogP contribution in [-0.2, 0) is 27.3 Å². The molecule has 4 aliphatic rings. The Morgan fingerprint density at radius 3 is 2.41 bits per heavy atom. The van der Waals surface area contributed by atoms with Gasteiger partial charge in [0.25, 0.3) is 5.91 Å². The van der Waals surface area contributed by atoms with Crippen LogP contribution in [0.1, 0.15) is 61.6 Å². The molecular formula is C30H38FN3O7. The Hall–Kier alpha value is -3.28. The molecule has 0 heterocycles. The number of likely N-dealkylation sites (N-methyl/N-ethyl adjacent to an activating group) is 1. The zero-order valence-electron chi connectivity index (χ0n) is 23.4. The number of aliphatic hydroxyl groups is 3. The number of primary amides is 1. The highest BCUT2D eigenvalue weighted by molar-refractivity contribution is 6.24. The molecule has 4 atom stereocenters. The van der Waals surface area contributed by atoms with E-state index in [1.54, 1.807) is 0 Å². The molecule has 222 valence electrons. The number of amides is 1. The van der Waals surface area contributed by atoms with Gasteiger partial charge in [-0.3, -0.25) is 19.3 Å². The first-order valence-corrected chi connectivity index (χ1v) is 14.3. The number of aliphatic hydroxyl groups excluding tert-OH is 2. The van der Waals surface area contributed by atoms with Crippen LogP contribution in [0.15, 0.2) is 23.0 Å². The van der Waals surface area contributed by atoms with Gasteiger partial charge in [-0.05, 0) is 64.2 Å². The van der Waals surface area contributed by atoms with Gasteiger partial charge in [0.15, 0.2) is 11.4 Å². The summed E-state index contributed by atoms with van der Waals surface area (Å²) in [5, 5.41) is 47.9. The molecule has 11 heteroatoms. The number of benzene rings is 1. The van der Waals surface area contributed by atoms with Crippen LogP contribution in [0.4, 0.5) is 4.39 Å². The van der Waals surface area contributed by atoms with E-state index in [1.165, 1.54) is 50.7 Å². The van der Waals surface area contributed by atoms with Crippen molar-refractivity contribution in [3.05, 3.63) is 45.5 Å². The van der Waals surface area contributed by atoms with Crippen LogP contribution >= 0.6 is 0 Å². The molecule has 2 fully saturated rings. The SMILES string of the molecule is CN(C)[C@@H]1C(=O)C(C(N)=O)=C(O)[C@@]2(O)C(=O)C3=C(O)c4c(O)cc(CNCC5CCCCCC5)c(F)c4C[C@H]3C[C@@H]12. The molecule has 10 nitrogen and oxygen atoms in total. The van der Waals surface area contributed by atoms with E-state index in [1.807, 2.05) is 0 Å². The van der Waals surface area contributed by atoms with Gasteiger partial charge in [0.1, 0.15) is 28.7 Å². The second kappa shape index (κ2) is 10.8. The first-order chi connectivity index (χ1) is 19.4. The molecule has 1 amide bonds. The van der Waals surface area contributed by atoms with Crippen LogP contribution < -0.4 is 11.1 Å². The van der Waals surface area contributed by atoms with Crippen molar-refractivity contribution in [3.8, 4) is 5.75 Å². The number of nitrogens with one attached hydrogen (secondary N) is 1. The van der Waals surface area contributed by atoms with Crippen LogP contribution in [-0.4, -0.2) is 75.1 Å². The number of rotatable bonds is 6. The van der Waals surface area contributed by atoms with Gasteiger partial charge < -0.3 is 31.5 Å². The van der Waals surface area contributed by atoms with E-state index in [9.17, 15) is 34.8 Å². The minimum absolute atomic E-state index is 0.0434. The molecule has 4 aliphatic carbocycles. The summed E-state index contributed by atoms with van der Waals surface area (Å²) < 4.78 is 15.9. The van der Waals surface area contributed by atoms with Gasteiger partial charge in [-0.15, -0.1) is 0 Å². The molecule has 0 aromatic heterocycles. The molecule has 1 aromatic rings. The van der Waals surface area contributed by atoms with Crippen LogP contribution in [0.3, 0.4) is 0 Å².